The molecule has 4 aliphatic heterocycles. The Morgan fingerprint density at radius 1 is 0.614 bits per heavy atom. The highest BCUT2D eigenvalue weighted by atomic mass is 16.6. The summed E-state index contributed by atoms with van der Waals surface area (Å²) in [5.41, 5.74) is 6.68. The number of amides is 3. The minimum absolute atomic E-state index is 0.0139. The zero-order chi connectivity index (χ0) is 50.4. The number of ketones is 1. The summed E-state index contributed by atoms with van der Waals surface area (Å²) in [4.78, 5) is 67.7. The first kappa shape index (κ1) is 51.1. The fraction of sp³-hybridized carbons (Fsp3) is 0.421. The van der Waals surface area contributed by atoms with Crippen LogP contribution >= 0.6 is 0 Å². The summed E-state index contributed by atoms with van der Waals surface area (Å²) in [7, 11) is 1.38. The molecule has 4 aromatic carbocycles. The molecule has 0 aliphatic carbocycles. The van der Waals surface area contributed by atoms with Gasteiger partial charge in [-0.15, -0.1) is 0 Å². The molecule has 0 atom stereocenters. The molecule has 1 N–H and O–H groups in total. The van der Waals surface area contributed by atoms with Crippen LogP contribution in [0.15, 0.2) is 97.1 Å². The van der Waals surface area contributed by atoms with Crippen LogP contribution in [-0.2, 0) is 9.47 Å². The molecule has 13 heteroatoms. The molecule has 0 radical (unpaired) electrons. The molecular formula is C57H68N4O9. The van der Waals surface area contributed by atoms with Crippen LogP contribution in [-0.4, -0.2) is 121 Å². The number of fused-ring (bicyclic) bond motifs is 2. The summed E-state index contributed by atoms with van der Waals surface area (Å²) >= 11 is 0. The van der Waals surface area contributed by atoms with Crippen LogP contribution in [0.3, 0.4) is 0 Å². The van der Waals surface area contributed by atoms with Crippen molar-refractivity contribution in [3.63, 3.8) is 0 Å². The standard InChI is InChI=1S/C31H38N2O5.C26H30N2O4/c1-7-32(8-2)28(35)23-11-9-22(10-12-23)26-20-31(37-27-19-24(21(3)34)13-14-25(26)27)15-17-33(18-16-31)29(36)38-30(4,5)6;1-4-28(5-2)24(29)19-8-6-18(7-9-19)22-17-26(12-14-27-15-13-26)32-23-16-20(25(30)31-3)10-11-21(22)23/h9-14,19-20H,7-8,15-18H2,1-6H3;6-11,16-17,27H,4-5,12-15H2,1-3H3. The van der Waals surface area contributed by atoms with E-state index in [-0.39, 0.29) is 29.7 Å². The number of rotatable bonds is 10. The Hall–Kier alpha value is -6.73. The van der Waals surface area contributed by atoms with Gasteiger partial charge in [0.1, 0.15) is 28.3 Å². The first-order valence-electron chi connectivity index (χ1n) is 24.6. The van der Waals surface area contributed by atoms with E-state index in [1.54, 1.807) is 28.9 Å². The maximum atomic E-state index is 12.8. The topological polar surface area (TPSA) is 144 Å². The number of benzene rings is 4. The highest BCUT2D eigenvalue weighted by molar-refractivity contribution is 5.98. The van der Waals surface area contributed by atoms with Crippen molar-refractivity contribution in [2.45, 2.75) is 97.9 Å². The summed E-state index contributed by atoms with van der Waals surface area (Å²) in [5.74, 6) is 0.993. The van der Waals surface area contributed by atoms with Gasteiger partial charge in [-0.2, -0.15) is 0 Å². The smallest absolute Gasteiger partial charge is 0.410 e. The number of piperidine rings is 2. The summed E-state index contributed by atoms with van der Waals surface area (Å²) < 4.78 is 23.5. The zero-order valence-corrected chi connectivity index (χ0v) is 42.2. The zero-order valence-electron chi connectivity index (χ0n) is 42.2. The van der Waals surface area contributed by atoms with E-state index in [9.17, 15) is 24.0 Å². The average Bonchev–Trinajstić information content (AvgIpc) is 3.36. The number of Topliss-reactive ketones (excluding diaryl/α,β-unsaturated/α-hetero) is 1. The van der Waals surface area contributed by atoms with Gasteiger partial charge in [-0.25, -0.2) is 9.59 Å². The van der Waals surface area contributed by atoms with Gasteiger partial charge in [-0.05, 0) is 158 Å². The molecule has 370 valence electrons. The maximum Gasteiger partial charge on any atom is 0.410 e. The van der Waals surface area contributed by atoms with Crippen molar-refractivity contribution in [3.8, 4) is 11.5 Å². The number of hydrogen-bond acceptors (Lipinski definition) is 10. The van der Waals surface area contributed by atoms with Gasteiger partial charge in [0, 0.05) is 92.8 Å². The molecule has 3 amide bonds. The van der Waals surface area contributed by atoms with Crippen molar-refractivity contribution in [3.05, 3.63) is 142 Å². The Balaban J connectivity index is 0.000000209. The average molecular weight is 953 g/mol. The lowest BCUT2D eigenvalue weighted by atomic mass is 9.82. The molecule has 13 nitrogen and oxygen atoms in total. The summed E-state index contributed by atoms with van der Waals surface area (Å²) in [6.45, 7) is 20.5. The number of methoxy groups -OCH3 is 1. The van der Waals surface area contributed by atoms with Gasteiger partial charge >= 0.3 is 12.1 Å². The predicted molar refractivity (Wildman–Crippen MR) is 272 cm³/mol. The fourth-order valence-electron chi connectivity index (χ4n) is 9.49. The number of ether oxygens (including phenoxy) is 4. The van der Waals surface area contributed by atoms with Crippen molar-refractivity contribution in [2.24, 2.45) is 0 Å². The number of nitrogens with one attached hydrogen (secondary N) is 1. The second-order valence-electron chi connectivity index (χ2n) is 19.2. The molecule has 4 aromatic rings. The van der Waals surface area contributed by atoms with Crippen LogP contribution in [0, 0.1) is 0 Å². The van der Waals surface area contributed by atoms with Gasteiger partial charge < -0.3 is 39.0 Å². The number of carbonyl (C=O) groups excluding carboxylic acids is 5. The minimum Gasteiger partial charge on any atom is -0.482 e. The Morgan fingerprint density at radius 3 is 1.44 bits per heavy atom. The third-order valence-corrected chi connectivity index (χ3v) is 13.5. The minimum atomic E-state index is -0.619. The second-order valence-corrected chi connectivity index (χ2v) is 19.2. The number of hydrogen-bond donors (Lipinski definition) is 1. The van der Waals surface area contributed by atoms with Gasteiger partial charge in [0.2, 0.25) is 0 Å². The van der Waals surface area contributed by atoms with Gasteiger partial charge in [0.05, 0.1) is 12.7 Å². The van der Waals surface area contributed by atoms with E-state index in [1.807, 2.05) is 126 Å². The van der Waals surface area contributed by atoms with E-state index >= 15 is 0 Å². The van der Waals surface area contributed by atoms with Crippen molar-refractivity contribution >= 4 is 40.8 Å². The van der Waals surface area contributed by atoms with Crippen LogP contribution in [0.4, 0.5) is 4.79 Å². The Kier molecular flexibility index (Phi) is 15.7. The van der Waals surface area contributed by atoms with Crippen molar-refractivity contribution in [2.75, 3.05) is 59.5 Å². The normalized spacial score (nSPS) is 16.4. The number of likely N-dealkylation sites (tertiary alicyclic amines) is 1. The van der Waals surface area contributed by atoms with Crippen molar-refractivity contribution in [1.82, 2.24) is 20.0 Å². The van der Waals surface area contributed by atoms with Gasteiger partial charge in [-0.3, -0.25) is 14.4 Å². The maximum absolute atomic E-state index is 12.8. The lowest BCUT2D eigenvalue weighted by molar-refractivity contribution is -0.00124. The number of esters is 1. The van der Waals surface area contributed by atoms with E-state index < -0.39 is 16.8 Å². The third kappa shape index (κ3) is 11.3. The molecule has 2 spiro atoms. The van der Waals surface area contributed by atoms with E-state index in [2.05, 4.69) is 17.5 Å². The van der Waals surface area contributed by atoms with Crippen LogP contribution in [0.25, 0.3) is 11.1 Å². The monoisotopic (exact) mass is 952 g/mol. The number of nitrogens with zero attached hydrogens (tertiary/aromatic N) is 3. The van der Waals surface area contributed by atoms with Crippen molar-refractivity contribution in [1.29, 1.82) is 0 Å². The van der Waals surface area contributed by atoms with E-state index in [4.69, 9.17) is 18.9 Å². The van der Waals surface area contributed by atoms with Gasteiger partial charge in [0.25, 0.3) is 11.8 Å². The first-order valence-corrected chi connectivity index (χ1v) is 24.6. The molecular weight excluding hydrogens is 885 g/mol. The summed E-state index contributed by atoms with van der Waals surface area (Å²) in [5, 5.41) is 3.39. The van der Waals surface area contributed by atoms with Crippen molar-refractivity contribution < 1.29 is 42.9 Å². The fourth-order valence-corrected chi connectivity index (χ4v) is 9.49. The first-order chi connectivity index (χ1) is 33.4. The largest absolute Gasteiger partial charge is 0.482 e. The quantitative estimate of drug-likeness (QED) is 0.121. The lowest BCUT2D eigenvalue weighted by Gasteiger charge is -2.43. The third-order valence-electron chi connectivity index (χ3n) is 13.5. The molecule has 2 fully saturated rings. The Morgan fingerprint density at radius 2 is 1.03 bits per heavy atom. The summed E-state index contributed by atoms with van der Waals surface area (Å²) in [6, 6.07) is 26.5. The molecule has 0 saturated carbocycles. The van der Waals surface area contributed by atoms with Crippen LogP contribution < -0.4 is 14.8 Å². The molecule has 2 saturated heterocycles. The van der Waals surface area contributed by atoms with Crippen LogP contribution in [0.2, 0.25) is 0 Å². The Bertz CT molecular complexity index is 2640. The number of carbonyl (C=O) groups is 5. The van der Waals surface area contributed by atoms with Crippen LogP contribution in [0.5, 0.6) is 11.5 Å². The molecule has 70 heavy (non-hydrogen) atoms. The highest BCUT2D eigenvalue weighted by Crippen LogP contribution is 2.45. The highest BCUT2D eigenvalue weighted by Gasteiger charge is 2.42. The predicted octanol–water partition coefficient (Wildman–Crippen LogP) is 9.87. The van der Waals surface area contributed by atoms with Gasteiger partial charge in [-0.1, -0.05) is 30.3 Å². The molecule has 0 bridgehead atoms. The molecule has 0 aromatic heterocycles. The van der Waals surface area contributed by atoms with Crippen LogP contribution in [0.1, 0.15) is 145 Å². The Labute approximate surface area is 412 Å². The van der Waals surface area contributed by atoms with E-state index in [1.165, 1.54) is 7.11 Å². The second kappa shape index (κ2) is 21.5. The van der Waals surface area contributed by atoms with Gasteiger partial charge in [0.15, 0.2) is 5.78 Å². The van der Waals surface area contributed by atoms with E-state index in [0.29, 0.717) is 85.9 Å². The lowest BCUT2D eigenvalue weighted by Crippen LogP contribution is -2.50. The summed E-state index contributed by atoms with van der Waals surface area (Å²) in [6.07, 6.45) is 6.93. The molecule has 0 unspecified atom stereocenters. The molecule has 4 aliphatic rings. The SMILES string of the molecule is CCN(CC)C(=O)c1ccc(C2=CC3(CCN(C(=O)OC(C)(C)C)CC3)Oc3cc(C(C)=O)ccc32)cc1.CCN(CC)C(=O)c1ccc(C2=CC3(CCNCC3)Oc3cc(C(=O)OC)ccc32)cc1. The molecule has 4 heterocycles. The molecule has 8 rings (SSSR count). The van der Waals surface area contributed by atoms with E-state index in [0.717, 1.165) is 59.3 Å².